The van der Waals surface area contributed by atoms with E-state index in [1.807, 2.05) is 0 Å². The second kappa shape index (κ2) is 20.4. The molecule has 2 aliphatic rings. The summed E-state index contributed by atoms with van der Waals surface area (Å²) in [5.41, 5.74) is 3.84. The van der Waals surface area contributed by atoms with E-state index in [1.165, 1.54) is 135 Å². The summed E-state index contributed by atoms with van der Waals surface area (Å²) in [4.78, 5) is 11.2. The molecule has 0 aromatic carbocycles. The summed E-state index contributed by atoms with van der Waals surface area (Å²) in [5.74, 6) is 0. The molecule has 0 aromatic rings. The third kappa shape index (κ3) is 15.2. The number of amides is 1. The van der Waals surface area contributed by atoms with Gasteiger partial charge >= 0.3 is 6.09 Å². The topological polar surface area (TPSA) is 64.6 Å². The Hall–Kier alpha value is -0.810. The molecule has 200 valence electrons. The van der Waals surface area contributed by atoms with Crippen molar-refractivity contribution in [1.82, 2.24) is 15.8 Å². The lowest BCUT2D eigenvalue weighted by atomic mass is 9.99. The van der Waals surface area contributed by atoms with Crippen LogP contribution in [0.3, 0.4) is 0 Å². The minimum absolute atomic E-state index is 0.108. The van der Waals surface area contributed by atoms with E-state index in [1.54, 1.807) is 0 Å². The third-order valence-corrected chi connectivity index (χ3v) is 8.09. The molecule has 0 bridgehead atoms. The first-order chi connectivity index (χ1) is 16.8. The molecular weight excluding hydrogens is 422 g/mol. The fraction of sp³-hybridized carbons (Fsp3) is 0.966. The van der Waals surface area contributed by atoms with Gasteiger partial charge in [-0.1, -0.05) is 116 Å². The van der Waals surface area contributed by atoms with Gasteiger partial charge in [-0.3, -0.25) is 5.43 Å². The van der Waals surface area contributed by atoms with Gasteiger partial charge < -0.3 is 10.4 Å². The Morgan fingerprint density at radius 3 is 1.50 bits per heavy atom. The second-order valence-corrected chi connectivity index (χ2v) is 11.1. The second-order valence-electron chi connectivity index (χ2n) is 11.1. The monoisotopic (exact) mass is 479 g/mol. The van der Waals surface area contributed by atoms with Gasteiger partial charge in [0.05, 0.1) is 0 Å². The molecule has 1 aliphatic heterocycles. The van der Waals surface area contributed by atoms with Crippen molar-refractivity contribution in [3.8, 4) is 0 Å². The summed E-state index contributed by atoms with van der Waals surface area (Å²) in [6, 6.07) is 0.769. The molecule has 1 saturated carbocycles. The van der Waals surface area contributed by atoms with Crippen LogP contribution in [0, 0.1) is 0 Å². The standard InChI is InChI=1S/C29H57N3O2/c33-29(34)31-27-21-16-12-8-7-11-15-19-26-32(30-25-20-22-27)28-23-17-13-9-5-3-1-2-4-6-10-14-18-24-28/h27-28,30-31H,1-26H2,(H,33,34). The molecule has 5 heteroatoms. The van der Waals surface area contributed by atoms with Crippen LogP contribution in [0.15, 0.2) is 0 Å². The van der Waals surface area contributed by atoms with Gasteiger partial charge in [-0.2, -0.15) is 0 Å². The van der Waals surface area contributed by atoms with E-state index in [9.17, 15) is 9.90 Å². The number of hydrogen-bond acceptors (Lipinski definition) is 3. The van der Waals surface area contributed by atoms with Crippen molar-refractivity contribution in [2.45, 2.75) is 166 Å². The Morgan fingerprint density at radius 2 is 1.00 bits per heavy atom. The highest BCUT2D eigenvalue weighted by Gasteiger charge is 2.19. The minimum Gasteiger partial charge on any atom is -0.465 e. The molecule has 1 atom stereocenters. The van der Waals surface area contributed by atoms with Crippen LogP contribution >= 0.6 is 0 Å². The first kappa shape index (κ1) is 29.4. The SMILES string of the molecule is O=C(O)NC1CCCCCCCCCN(C2CCCCCCCCCCCCCC2)NCCC1. The van der Waals surface area contributed by atoms with E-state index in [4.69, 9.17) is 0 Å². The first-order valence-electron chi connectivity index (χ1n) is 15.3. The zero-order chi connectivity index (χ0) is 24.1. The molecule has 1 amide bonds. The maximum atomic E-state index is 11.2. The molecule has 2 rings (SSSR count). The average molecular weight is 480 g/mol. The van der Waals surface area contributed by atoms with Crippen molar-refractivity contribution in [2.75, 3.05) is 13.1 Å². The van der Waals surface area contributed by atoms with Crippen molar-refractivity contribution in [2.24, 2.45) is 0 Å². The summed E-state index contributed by atoms with van der Waals surface area (Å²) in [6.45, 7) is 2.13. The van der Waals surface area contributed by atoms with Crippen LogP contribution in [0.2, 0.25) is 0 Å². The summed E-state index contributed by atoms with van der Waals surface area (Å²) in [6.07, 6.45) is 30.7. The predicted molar refractivity (Wildman–Crippen MR) is 144 cm³/mol. The minimum atomic E-state index is -0.868. The van der Waals surface area contributed by atoms with Crippen LogP contribution in [-0.2, 0) is 0 Å². The van der Waals surface area contributed by atoms with Crippen LogP contribution in [0.25, 0.3) is 0 Å². The molecule has 0 radical (unpaired) electrons. The van der Waals surface area contributed by atoms with Crippen molar-refractivity contribution in [3.05, 3.63) is 0 Å². The summed E-state index contributed by atoms with van der Waals surface area (Å²) < 4.78 is 0. The maximum Gasteiger partial charge on any atom is 0.404 e. The molecule has 2 fully saturated rings. The zero-order valence-electron chi connectivity index (χ0n) is 22.3. The predicted octanol–water partition coefficient (Wildman–Crippen LogP) is 8.19. The van der Waals surface area contributed by atoms with Crippen molar-refractivity contribution in [3.63, 3.8) is 0 Å². The quantitative estimate of drug-likeness (QED) is 0.373. The van der Waals surface area contributed by atoms with Gasteiger partial charge in [-0.05, 0) is 38.5 Å². The Kier molecular flexibility index (Phi) is 17.6. The fourth-order valence-corrected chi connectivity index (χ4v) is 5.97. The van der Waals surface area contributed by atoms with E-state index in [0.29, 0.717) is 6.04 Å². The van der Waals surface area contributed by atoms with Gasteiger partial charge in [0.1, 0.15) is 0 Å². The van der Waals surface area contributed by atoms with E-state index in [-0.39, 0.29) is 6.04 Å². The Morgan fingerprint density at radius 1 is 0.588 bits per heavy atom. The van der Waals surface area contributed by atoms with Gasteiger partial charge in [0.15, 0.2) is 0 Å². The van der Waals surface area contributed by atoms with Gasteiger partial charge in [-0.25, -0.2) is 9.80 Å². The molecule has 1 saturated heterocycles. The van der Waals surface area contributed by atoms with Crippen LogP contribution < -0.4 is 10.7 Å². The summed E-state index contributed by atoms with van der Waals surface area (Å²) >= 11 is 0. The lowest BCUT2D eigenvalue weighted by Gasteiger charge is -2.33. The molecule has 3 N–H and O–H groups in total. The lowest BCUT2D eigenvalue weighted by molar-refractivity contribution is 0.101. The average Bonchev–Trinajstić information content (AvgIpc) is 2.83. The molecule has 5 nitrogen and oxygen atoms in total. The number of carboxylic acid groups (broad SMARTS) is 1. The largest absolute Gasteiger partial charge is 0.465 e. The van der Waals surface area contributed by atoms with E-state index >= 15 is 0 Å². The molecule has 1 unspecified atom stereocenters. The number of hydrogen-bond donors (Lipinski definition) is 3. The highest BCUT2D eigenvalue weighted by atomic mass is 16.4. The third-order valence-electron chi connectivity index (χ3n) is 8.09. The van der Waals surface area contributed by atoms with Crippen LogP contribution in [0.5, 0.6) is 0 Å². The Balaban J connectivity index is 1.91. The molecule has 0 spiro atoms. The summed E-state index contributed by atoms with van der Waals surface area (Å²) in [7, 11) is 0. The normalized spacial score (nSPS) is 26.3. The van der Waals surface area contributed by atoms with Gasteiger partial charge in [0, 0.05) is 25.2 Å². The number of nitrogens with zero attached hydrogens (tertiary/aromatic N) is 1. The molecule has 1 heterocycles. The van der Waals surface area contributed by atoms with Gasteiger partial charge in [-0.15, -0.1) is 0 Å². The van der Waals surface area contributed by atoms with E-state index < -0.39 is 6.09 Å². The number of nitrogens with one attached hydrogen (secondary N) is 2. The molecule has 1 aliphatic carbocycles. The summed E-state index contributed by atoms with van der Waals surface area (Å²) in [5, 5.41) is 14.6. The smallest absolute Gasteiger partial charge is 0.404 e. The molecule has 0 aromatic heterocycles. The zero-order valence-corrected chi connectivity index (χ0v) is 22.3. The van der Waals surface area contributed by atoms with Crippen LogP contribution in [0.1, 0.15) is 154 Å². The van der Waals surface area contributed by atoms with Crippen LogP contribution in [-0.4, -0.2) is 41.4 Å². The highest BCUT2D eigenvalue weighted by Crippen LogP contribution is 2.21. The van der Waals surface area contributed by atoms with Crippen LogP contribution in [0.4, 0.5) is 4.79 Å². The van der Waals surface area contributed by atoms with Crippen molar-refractivity contribution >= 4 is 6.09 Å². The maximum absolute atomic E-state index is 11.2. The molecular formula is C29H57N3O2. The number of carbonyl (C=O) groups is 1. The van der Waals surface area contributed by atoms with Crippen molar-refractivity contribution < 1.29 is 9.90 Å². The van der Waals surface area contributed by atoms with E-state index in [0.717, 1.165) is 32.2 Å². The van der Waals surface area contributed by atoms with E-state index in [2.05, 4.69) is 15.8 Å². The highest BCUT2D eigenvalue weighted by molar-refractivity contribution is 5.64. The first-order valence-corrected chi connectivity index (χ1v) is 15.3. The molecule has 34 heavy (non-hydrogen) atoms. The van der Waals surface area contributed by atoms with Gasteiger partial charge in [0.2, 0.25) is 0 Å². The Bertz CT molecular complexity index is 472. The number of rotatable bonds is 2. The van der Waals surface area contributed by atoms with Gasteiger partial charge in [0.25, 0.3) is 0 Å². The Labute approximate surface area is 211 Å². The number of hydrazine groups is 1. The van der Waals surface area contributed by atoms with Crippen molar-refractivity contribution in [1.29, 1.82) is 0 Å². The fourth-order valence-electron chi connectivity index (χ4n) is 5.97. The lowest BCUT2D eigenvalue weighted by Crippen LogP contribution is -2.47.